The summed E-state index contributed by atoms with van der Waals surface area (Å²) in [6, 6.07) is 6.36. The predicted molar refractivity (Wildman–Crippen MR) is 65.1 cm³/mol. The highest BCUT2D eigenvalue weighted by atomic mass is 32.1. The van der Waals surface area contributed by atoms with Gasteiger partial charge in [0.05, 0.1) is 15.2 Å². The van der Waals surface area contributed by atoms with Crippen molar-refractivity contribution in [2.75, 3.05) is 0 Å². The average Bonchev–Trinajstić information content (AvgIpc) is 2.45. The molecule has 2 rings (SSSR count). The van der Waals surface area contributed by atoms with Gasteiger partial charge in [-0.15, -0.1) is 11.3 Å². The van der Waals surface area contributed by atoms with E-state index >= 15 is 0 Å². The Labute approximate surface area is 89.8 Å². The van der Waals surface area contributed by atoms with Crippen molar-refractivity contribution >= 4 is 21.6 Å². The Morgan fingerprint density at radius 3 is 2.50 bits per heavy atom. The highest BCUT2D eigenvalue weighted by Gasteiger charge is 1.98. The smallest absolute Gasteiger partial charge is 0.0907 e. The molecule has 0 saturated heterocycles. The first-order valence-corrected chi connectivity index (χ1v) is 5.82. The van der Waals surface area contributed by atoms with Crippen LogP contribution in [0, 0.1) is 13.8 Å². The molecule has 0 atom stereocenters. The van der Waals surface area contributed by atoms with Crippen LogP contribution in [-0.4, -0.2) is 4.98 Å². The molecule has 0 aliphatic carbocycles. The molecule has 0 amide bonds. The standard InChI is InChI=1S/C9H9NS.C3H8/c1-6-3-4-8-9(5-6)11-7(2)10-8;1-3-2/h3-5H,1-2H3;3H2,1-2H3. The molecule has 1 heterocycles. The lowest BCUT2D eigenvalue weighted by Gasteiger charge is -1.88. The van der Waals surface area contributed by atoms with Crippen molar-refractivity contribution in [3.05, 3.63) is 28.8 Å². The average molecular weight is 207 g/mol. The molecule has 0 bridgehead atoms. The van der Waals surface area contributed by atoms with E-state index < -0.39 is 0 Å². The minimum atomic E-state index is 1.12. The van der Waals surface area contributed by atoms with Gasteiger partial charge in [-0.25, -0.2) is 4.98 Å². The summed E-state index contributed by atoms with van der Waals surface area (Å²) in [5, 5.41) is 1.14. The van der Waals surface area contributed by atoms with Crippen molar-refractivity contribution < 1.29 is 0 Å². The molecular formula is C12H17NS. The number of hydrogen-bond donors (Lipinski definition) is 0. The third-order valence-electron chi connectivity index (χ3n) is 1.65. The molecule has 0 aliphatic rings. The van der Waals surface area contributed by atoms with Crippen LogP contribution in [0.4, 0.5) is 0 Å². The fourth-order valence-corrected chi connectivity index (χ4v) is 2.07. The highest BCUT2D eigenvalue weighted by Crippen LogP contribution is 2.21. The van der Waals surface area contributed by atoms with Gasteiger partial charge in [0, 0.05) is 0 Å². The molecule has 1 aromatic heterocycles. The van der Waals surface area contributed by atoms with Crippen LogP contribution < -0.4 is 0 Å². The molecule has 1 aromatic carbocycles. The van der Waals surface area contributed by atoms with Crippen LogP contribution in [0.5, 0.6) is 0 Å². The fourth-order valence-electron chi connectivity index (χ4n) is 1.15. The second kappa shape index (κ2) is 5.11. The largest absolute Gasteiger partial charge is 0.242 e. The zero-order valence-corrected chi connectivity index (χ0v) is 10.1. The summed E-state index contributed by atoms with van der Waals surface area (Å²) in [5.41, 5.74) is 2.43. The molecule has 0 saturated carbocycles. The van der Waals surface area contributed by atoms with E-state index in [0.29, 0.717) is 0 Å². The first kappa shape index (κ1) is 11.2. The van der Waals surface area contributed by atoms with Gasteiger partial charge >= 0.3 is 0 Å². The van der Waals surface area contributed by atoms with E-state index in [0.717, 1.165) is 10.5 Å². The number of aryl methyl sites for hydroxylation is 2. The summed E-state index contributed by atoms with van der Waals surface area (Å²) in [7, 11) is 0. The Kier molecular flexibility index (Phi) is 4.08. The van der Waals surface area contributed by atoms with Gasteiger partial charge in [0.1, 0.15) is 0 Å². The fraction of sp³-hybridized carbons (Fsp3) is 0.417. The minimum Gasteiger partial charge on any atom is -0.242 e. The van der Waals surface area contributed by atoms with Crippen LogP contribution in [0.15, 0.2) is 18.2 Å². The van der Waals surface area contributed by atoms with Crippen LogP contribution in [-0.2, 0) is 0 Å². The predicted octanol–water partition coefficient (Wildman–Crippen LogP) is 4.33. The summed E-state index contributed by atoms with van der Waals surface area (Å²) in [5.74, 6) is 0. The first-order valence-electron chi connectivity index (χ1n) is 5.01. The number of nitrogens with zero attached hydrogens (tertiary/aromatic N) is 1. The molecule has 0 unspecified atom stereocenters. The van der Waals surface area contributed by atoms with E-state index in [9.17, 15) is 0 Å². The molecule has 2 heteroatoms. The van der Waals surface area contributed by atoms with Gasteiger partial charge in [-0.05, 0) is 31.5 Å². The molecule has 0 fully saturated rings. The van der Waals surface area contributed by atoms with Crippen molar-refractivity contribution in [2.45, 2.75) is 34.1 Å². The lowest BCUT2D eigenvalue weighted by Crippen LogP contribution is -1.70. The SMILES string of the molecule is CCC.Cc1ccc2nc(C)sc2c1. The van der Waals surface area contributed by atoms with Gasteiger partial charge in [-0.1, -0.05) is 26.3 Å². The van der Waals surface area contributed by atoms with Crippen molar-refractivity contribution in [2.24, 2.45) is 0 Å². The van der Waals surface area contributed by atoms with Gasteiger partial charge in [0.15, 0.2) is 0 Å². The van der Waals surface area contributed by atoms with Crippen LogP contribution in [0.25, 0.3) is 10.2 Å². The van der Waals surface area contributed by atoms with E-state index in [2.05, 4.69) is 44.0 Å². The minimum absolute atomic E-state index is 1.12. The number of thiazole rings is 1. The summed E-state index contributed by atoms with van der Waals surface area (Å²) in [6.45, 7) is 8.40. The monoisotopic (exact) mass is 207 g/mol. The van der Waals surface area contributed by atoms with Gasteiger partial charge in [-0.2, -0.15) is 0 Å². The lowest BCUT2D eigenvalue weighted by molar-refractivity contribution is 1.09. The van der Waals surface area contributed by atoms with E-state index in [4.69, 9.17) is 0 Å². The molecule has 1 nitrogen and oxygen atoms in total. The first-order chi connectivity index (χ1) is 6.67. The molecular weight excluding hydrogens is 190 g/mol. The number of hydrogen-bond acceptors (Lipinski definition) is 2. The Morgan fingerprint density at radius 2 is 1.86 bits per heavy atom. The third-order valence-corrected chi connectivity index (χ3v) is 2.58. The molecule has 76 valence electrons. The van der Waals surface area contributed by atoms with E-state index in [1.165, 1.54) is 16.7 Å². The molecule has 14 heavy (non-hydrogen) atoms. The Balaban J connectivity index is 0.000000293. The summed E-state index contributed by atoms with van der Waals surface area (Å²) >= 11 is 1.76. The number of benzene rings is 1. The Hall–Kier alpha value is -0.890. The number of rotatable bonds is 0. The van der Waals surface area contributed by atoms with E-state index in [1.807, 2.05) is 6.92 Å². The maximum atomic E-state index is 4.37. The van der Waals surface area contributed by atoms with Crippen molar-refractivity contribution in [3.8, 4) is 0 Å². The lowest BCUT2D eigenvalue weighted by atomic mass is 10.2. The molecule has 0 radical (unpaired) electrons. The third kappa shape index (κ3) is 2.81. The molecule has 2 aromatic rings. The van der Waals surface area contributed by atoms with Gasteiger partial charge in [0.25, 0.3) is 0 Å². The second-order valence-electron chi connectivity index (χ2n) is 3.41. The van der Waals surface area contributed by atoms with Gasteiger partial charge in [0.2, 0.25) is 0 Å². The molecule has 0 spiro atoms. The zero-order valence-electron chi connectivity index (χ0n) is 9.29. The van der Waals surface area contributed by atoms with Crippen LogP contribution in [0.1, 0.15) is 30.8 Å². The summed E-state index contributed by atoms with van der Waals surface area (Å²) in [4.78, 5) is 4.37. The van der Waals surface area contributed by atoms with E-state index in [1.54, 1.807) is 11.3 Å². The summed E-state index contributed by atoms with van der Waals surface area (Å²) < 4.78 is 1.29. The van der Waals surface area contributed by atoms with Crippen molar-refractivity contribution in [1.29, 1.82) is 0 Å². The Bertz CT molecular complexity index is 404. The van der Waals surface area contributed by atoms with Crippen LogP contribution in [0.2, 0.25) is 0 Å². The van der Waals surface area contributed by atoms with Crippen LogP contribution in [0.3, 0.4) is 0 Å². The maximum Gasteiger partial charge on any atom is 0.0907 e. The number of fused-ring (bicyclic) bond motifs is 1. The molecule has 0 aliphatic heterocycles. The van der Waals surface area contributed by atoms with Crippen LogP contribution >= 0.6 is 11.3 Å². The highest BCUT2D eigenvalue weighted by molar-refractivity contribution is 7.18. The maximum absolute atomic E-state index is 4.37. The number of aromatic nitrogens is 1. The molecule has 0 N–H and O–H groups in total. The Morgan fingerprint density at radius 1 is 1.21 bits per heavy atom. The van der Waals surface area contributed by atoms with Gasteiger partial charge in [-0.3, -0.25) is 0 Å². The normalized spacial score (nSPS) is 9.71. The van der Waals surface area contributed by atoms with Crippen molar-refractivity contribution in [1.82, 2.24) is 4.98 Å². The quantitative estimate of drug-likeness (QED) is 0.626. The second-order valence-corrected chi connectivity index (χ2v) is 4.65. The topological polar surface area (TPSA) is 12.9 Å². The summed E-state index contributed by atoms with van der Waals surface area (Å²) in [6.07, 6.45) is 1.25. The van der Waals surface area contributed by atoms with Gasteiger partial charge < -0.3 is 0 Å². The van der Waals surface area contributed by atoms with Crippen molar-refractivity contribution in [3.63, 3.8) is 0 Å². The van der Waals surface area contributed by atoms with E-state index in [-0.39, 0.29) is 0 Å². The zero-order chi connectivity index (χ0) is 10.6.